The second-order valence-corrected chi connectivity index (χ2v) is 4.88. The summed E-state index contributed by atoms with van der Waals surface area (Å²) >= 11 is 0. The number of halogens is 3. The third-order valence-corrected chi connectivity index (χ3v) is 3.67. The summed E-state index contributed by atoms with van der Waals surface area (Å²) in [6.45, 7) is 5.00. The molecule has 0 fully saturated rings. The number of anilines is 1. The largest absolute Gasteiger partial charge is 0.416 e. The Kier molecular flexibility index (Phi) is 5.00. The van der Waals surface area contributed by atoms with Gasteiger partial charge in [0.15, 0.2) is 0 Å². The van der Waals surface area contributed by atoms with Crippen molar-refractivity contribution in [3.05, 3.63) is 29.3 Å². The normalized spacial score (nSPS) is 11.9. The Morgan fingerprint density at radius 3 is 2.29 bits per heavy atom. The van der Waals surface area contributed by atoms with E-state index in [-0.39, 0.29) is 5.69 Å². The minimum absolute atomic E-state index is 0.0800. The lowest BCUT2D eigenvalue weighted by Gasteiger charge is -2.23. The quantitative estimate of drug-likeness (QED) is 0.902. The molecule has 0 saturated carbocycles. The summed E-state index contributed by atoms with van der Waals surface area (Å²) in [5, 5.41) is 11.6. The van der Waals surface area contributed by atoms with Gasteiger partial charge in [0.2, 0.25) is 5.91 Å². The molecule has 1 aromatic carbocycles. The molecule has 1 N–H and O–H groups in total. The van der Waals surface area contributed by atoms with Gasteiger partial charge in [0.1, 0.15) is 5.41 Å². The summed E-state index contributed by atoms with van der Waals surface area (Å²) in [6, 6.07) is 5.11. The van der Waals surface area contributed by atoms with E-state index in [0.29, 0.717) is 18.4 Å². The van der Waals surface area contributed by atoms with Gasteiger partial charge < -0.3 is 5.32 Å². The van der Waals surface area contributed by atoms with Crippen LogP contribution in [0.4, 0.5) is 18.9 Å². The van der Waals surface area contributed by atoms with Crippen LogP contribution >= 0.6 is 0 Å². The standard InChI is InChI=1S/C15H17F3N2O/c1-4-14(5-2,9-19)13(21)20-12-8-11(15(16,17)18)7-6-10(12)3/h6-8H,4-5H2,1-3H3,(H,20,21). The topological polar surface area (TPSA) is 52.9 Å². The van der Waals surface area contributed by atoms with Gasteiger partial charge in [-0.1, -0.05) is 19.9 Å². The molecule has 0 spiro atoms. The van der Waals surface area contributed by atoms with Crippen molar-refractivity contribution in [2.24, 2.45) is 5.41 Å². The average Bonchev–Trinajstić information content (AvgIpc) is 2.42. The molecular formula is C15H17F3N2O. The number of carbonyl (C=O) groups excluding carboxylic acids is 1. The molecule has 0 atom stereocenters. The summed E-state index contributed by atoms with van der Waals surface area (Å²) in [6.07, 6.45) is -3.89. The van der Waals surface area contributed by atoms with Crippen LogP contribution in [0, 0.1) is 23.7 Å². The first-order valence-corrected chi connectivity index (χ1v) is 6.60. The Balaban J connectivity index is 3.14. The van der Waals surface area contributed by atoms with Gasteiger partial charge in [-0.2, -0.15) is 18.4 Å². The van der Waals surface area contributed by atoms with Gasteiger partial charge in [-0.25, -0.2) is 0 Å². The van der Waals surface area contributed by atoms with Crippen molar-refractivity contribution in [3.8, 4) is 6.07 Å². The van der Waals surface area contributed by atoms with E-state index in [2.05, 4.69) is 5.32 Å². The third kappa shape index (κ3) is 3.54. The lowest BCUT2D eigenvalue weighted by atomic mass is 9.83. The minimum Gasteiger partial charge on any atom is -0.324 e. The van der Waals surface area contributed by atoms with Crippen LogP contribution < -0.4 is 5.32 Å². The first-order chi connectivity index (χ1) is 9.70. The van der Waals surface area contributed by atoms with E-state index >= 15 is 0 Å². The highest BCUT2D eigenvalue weighted by molar-refractivity contribution is 5.97. The Morgan fingerprint density at radius 2 is 1.86 bits per heavy atom. The van der Waals surface area contributed by atoms with Crippen molar-refractivity contribution in [1.29, 1.82) is 5.26 Å². The molecule has 6 heteroatoms. The van der Waals surface area contributed by atoms with E-state index in [1.54, 1.807) is 20.8 Å². The third-order valence-electron chi connectivity index (χ3n) is 3.67. The fraction of sp³-hybridized carbons (Fsp3) is 0.467. The summed E-state index contributed by atoms with van der Waals surface area (Å²) in [4.78, 5) is 12.2. The van der Waals surface area contributed by atoms with E-state index in [4.69, 9.17) is 0 Å². The van der Waals surface area contributed by atoms with Crippen LogP contribution in [0.2, 0.25) is 0 Å². The Morgan fingerprint density at radius 1 is 1.29 bits per heavy atom. The maximum atomic E-state index is 12.7. The van der Waals surface area contributed by atoms with Crippen LogP contribution in [0.3, 0.4) is 0 Å². The number of rotatable bonds is 4. The lowest BCUT2D eigenvalue weighted by molar-refractivity contribution is -0.137. The molecule has 0 aliphatic carbocycles. The highest BCUT2D eigenvalue weighted by atomic mass is 19.4. The summed E-state index contributed by atoms with van der Waals surface area (Å²) in [7, 11) is 0. The summed E-state index contributed by atoms with van der Waals surface area (Å²) < 4.78 is 38.1. The Hall–Kier alpha value is -2.03. The number of carbonyl (C=O) groups is 1. The Bertz CT molecular complexity index is 569. The number of benzene rings is 1. The summed E-state index contributed by atoms with van der Waals surface area (Å²) in [5.74, 6) is -0.572. The van der Waals surface area contributed by atoms with E-state index in [0.717, 1.165) is 12.1 Å². The number of hydrogen-bond acceptors (Lipinski definition) is 2. The zero-order valence-electron chi connectivity index (χ0n) is 12.1. The fourth-order valence-corrected chi connectivity index (χ4v) is 1.95. The van der Waals surface area contributed by atoms with Crippen LogP contribution in [0.1, 0.15) is 37.8 Å². The minimum atomic E-state index is -4.48. The van der Waals surface area contributed by atoms with Crippen molar-refractivity contribution < 1.29 is 18.0 Å². The van der Waals surface area contributed by atoms with Gasteiger partial charge in [-0.05, 0) is 37.5 Å². The van der Waals surface area contributed by atoms with Crippen LogP contribution in [0.15, 0.2) is 18.2 Å². The van der Waals surface area contributed by atoms with Gasteiger partial charge in [0.25, 0.3) is 0 Å². The molecule has 1 aromatic rings. The second kappa shape index (κ2) is 6.17. The van der Waals surface area contributed by atoms with Crippen LogP contribution in [0.5, 0.6) is 0 Å². The van der Waals surface area contributed by atoms with Gasteiger partial charge in [-0.3, -0.25) is 4.79 Å². The van der Waals surface area contributed by atoms with Gasteiger partial charge in [-0.15, -0.1) is 0 Å². The van der Waals surface area contributed by atoms with Crippen molar-refractivity contribution in [1.82, 2.24) is 0 Å². The highest BCUT2D eigenvalue weighted by Gasteiger charge is 2.36. The first kappa shape index (κ1) is 17.0. The van der Waals surface area contributed by atoms with Gasteiger partial charge in [0.05, 0.1) is 11.6 Å². The van der Waals surface area contributed by atoms with Crippen molar-refractivity contribution >= 4 is 11.6 Å². The van der Waals surface area contributed by atoms with Crippen molar-refractivity contribution in [2.45, 2.75) is 39.8 Å². The predicted octanol–water partition coefficient (Wildman–Crippen LogP) is 4.28. The first-order valence-electron chi connectivity index (χ1n) is 6.60. The second-order valence-electron chi connectivity index (χ2n) is 4.88. The number of nitriles is 1. The number of amides is 1. The SMILES string of the molecule is CCC(C#N)(CC)C(=O)Nc1cc(C(F)(F)F)ccc1C. The highest BCUT2D eigenvalue weighted by Crippen LogP contribution is 2.33. The smallest absolute Gasteiger partial charge is 0.324 e. The van der Waals surface area contributed by atoms with Gasteiger partial charge >= 0.3 is 6.18 Å². The lowest BCUT2D eigenvalue weighted by Crippen LogP contribution is -2.34. The molecule has 0 aromatic heterocycles. The molecule has 0 unspecified atom stereocenters. The molecular weight excluding hydrogens is 281 g/mol. The van der Waals surface area contributed by atoms with E-state index in [1.165, 1.54) is 6.07 Å². The number of nitrogens with zero attached hydrogens (tertiary/aromatic N) is 1. The maximum Gasteiger partial charge on any atom is 0.416 e. The number of alkyl halides is 3. The Labute approximate surface area is 121 Å². The van der Waals surface area contributed by atoms with E-state index in [1.807, 2.05) is 6.07 Å². The van der Waals surface area contributed by atoms with E-state index in [9.17, 15) is 23.2 Å². The molecule has 1 amide bonds. The number of aryl methyl sites for hydroxylation is 1. The molecule has 0 bridgehead atoms. The number of nitrogens with one attached hydrogen (secondary N) is 1. The molecule has 0 radical (unpaired) electrons. The average molecular weight is 298 g/mol. The molecule has 0 heterocycles. The van der Waals surface area contributed by atoms with E-state index < -0.39 is 23.1 Å². The molecule has 3 nitrogen and oxygen atoms in total. The van der Waals surface area contributed by atoms with Crippen molar-refractivity contribution in [2.75, 3.05) is 5.32 Å². The van der Waals surface area contributed by atoms with Crippen LogP contribution in [-0.2, 0) is 11.0 Å². The maximum absolute atomic E-state index is 12.7. The fourth-order valence-electron chi connectivity index (χ4n) is 1.95. The van der Waals surface area contributed by atoms with Gasteiger partial charge in [0, 0.05) is 5.69 Å². The molecule has 21 heavy (non-hydrogen) atoms. The van der Waals surface area contributed by atoms with Crippen LogP contribution in [-0.4, -0.2) is 5.91 Å². The molecule has 0 saturated heterocycles. The monoisotopic (exact) mass is 298 g/mol. The zero-order valence-corrected chi connectivity index (χ0v) is 12.1. The predicted molar refractivity (Wildman–Crippen MR) is 73.4 cm³/mol. The zero-order chi connectivity index (χ0) is 16.3. The summed E-state index contributed by atoms with van der Waals surface area (Å²) in [5.41, 5.74) is -1.47. The molecule has 0 aliphatic heterocycles. The number of hydrogen-bond donors (Lipinski definition) is 1. The molecule has 1 rings (SSSR count). The molecule has 114 valence electrons. The van der Waals surface area contributed by atoms with Crippen molar-refractivity contribution in [3.63, 3.8) is 0 Å². The van der Waals surface area contributed by atoms with Crippen LogP contribution in [0.25, 0.3) is 0 Å². The molecule has 0 aliphatic rings.